The molecule has 0 spiro atoms. The van der Waals surface area contributed by atoms with Crippen LogP contribution in [-0.4, -0.2) is 11.7 Å². The quantitative estimate of drug-likeness (QED) is 0.782. The predicted molar refractivity (Wildman–Crippen MR) is 78.7 cm³/mol. The molecule has 0 amide bonds. The van der Waals surface area contributed by atoms with Gasteiger partial charge in [0.1, 0.15) is 5.75 Å². The number of aromatic nitrogens is 1. The molecule has 0 atom stereocenters. The molecular formula is C17H21NO. The highest BCUT2D eigenvalue weighted by Crippen LogP contribution is 2.36. The summed E-state index contributed by atoms with van der Waals surface area (Å²) in [6.07, 6.45) is 5.35. The van der Waals surface area contributed by atoms with Crippen LogP contribution < -0.4 is 4.74 Å². The Kier molecular flexibility index (Phi) is 3.33. The molecule has 1 aromatic carbocycles. The first-order valence-electron chi connectivity index (χ1n) is 7.12. The van der Waals surface area contributed by atoms with Crippen molar-refractivity contribution < 1.29 is 4.74 Å². The van der Waals surface area contributed by atoms with Gasteiger partial charge < -0.3 is 9.30 Å². The van der Waals surface area contributed by atoms with E-state index in [4.69, 9.17) is 4.74 Å². The summed E-state index contributed by atoms with van der Waals surface area (Å²) in [5.74, 6) is 0.925. The van der Waals surface area contributed by atoms with Gasteiger partial charge >= 0.3 is 0 Å². The van der Waals surface area contributed by atoms with Crippen LogP contribution in [0.25, 0.3) is 11.3 Å². The minimum Gasteiger partial charge on any atom is -0.497 e. The van der Waals surface area contributed by atoms with E-state index in [9.17, 15) is 0 Å². The van der Waals surface area contributed by atoms with E-state index in [-0.39, 0.29) is 0 Å². The average molecular weight is 255 g/mol. The molecule has 1 aliphatic rings. The van der Waals surface area contributed by atoms with Crippen molar-refractivity contribution >= 4 is 0 Å². The largest absolute Gasteiger partial charge is 0.497 e. The molecule has 0 bridgehead atoms. The van der Waals surface area contributed by atoms with Crippen LogP contribution in [-0.2, 0) is 0 Å². The third-order valence-corrected chi connectivity index (χ3v) is 4.18. The molecule has 3 rings (SSSR count). The predicted octanol–water partition coefficient (Wildman–Crippen LogP) is 4.59. The molecule has 0 unspecified atom stereocenters. The molecule has 1 fully saturated rings. The molecule has 100 valence electrons. The Bertz CT molecular complexity index is 564. The summed E-state index contributed by atoms with van der Waals surface area (Å²) in [5, 5.41) is 0. The van der Waals surface area contributed by atoms with Gasteiger partial charge in [0.2, 0.25) is 0 Å². The Labute approximate surface area is 115 Å². The van der Waals surface area contributed by atoms with Crippen LogP contribution in [0.1, 0.15) is 37.4 Å². The fourth-order valence-electron chi connectivity index (χ4n) is 3.21. The number of nitrogens with zero attached hydrogens (tertiary/aromatic N) is 1. The molecule has 1 aromatic heterocycles. The summed E-state index contributed by atoms with van der Waals surface area (Å²) < 4.78 is 7.85. The lowest BCUT2D eigenvalue weighted by molar-refractivity contribution is 0.415. The SMILES string of the molecule is COc1cccc(-c2ccc(C)n2C2CCCC2)c1. The molecule has 2 aromatic rings. The molecule has 0 radical (unpaired) electrons. The van der Waals surface area contributed by atoms with Crippen LogP contribution >= 0.6 is 0 Å². The zero-order valence-electron chi connectivity index (χ0n) is 11.7. The maximum atomic E-state index is 5.34. The van der Waals surface area contributed by atoms with E-state index in [1.54, 1.807) is 7.11 Å². The number of aryl methyl sites for hydroxylation is 1. The summed E-state index contributed by atoms with van der Waals surface area (Å²) in [5.41, 5.74) is 3.94. The van der Waals surface area contributed by atoms with E-state index in [2.05, 4.69) is 41.8 Å². The van der Waals surface area contributed by atoms with Crippen molar-refractivity contribution in [2.24, 2.45) is 0 Å². The number of hydrogen-bond acceptors (Lipinski definition) is 1. The van der Waals surface area contributed by atoms with Crippen LogP contribution in [0.2, 0.25) is 0 Å². The number of rotatable bonds is 3. The van der Waals surface area contributed by atoms with E-state index >= 15 is 0 Å². The van der Waals surface area contributed by atoms with Crippen molar-refractivity contribution in [1.82, 2.24) is 4.57 Å². The van der Waals surface area contributed by atoms with Gasteiger partial charge in [0, 0.05) is 23.0 Å². The topological polar surface area (TPSA) is 14.2 Å². The third kappa shape index (κ3) is 2.27. The number of hydrogen-bond donors (Lipinski definition) is 0. The van der Waals surface area contributed by atoms with E-state index < -0.39 is 0 Å². The van der Waals surface area contributed by atoms with Crippen molar-refractivity contribution in [2.45, 2.75) is 38.6 Å². The minimum absolute atomic E-state index is 0.677. The summed E-state index contributed by atoms with van der Waals surface area (Å²) in [6, 6.07) is 13.5. The van der Waals surface area contributed by atoms with Gasteiger partial charge in [-0.3, -0.25) is 0 Å². The monoisotopic (exact) mass is 255 g/mol. The third-order valence-electron chi connectivity index (χ3n) is 4.18. The molecule has 0 aliphatic heterocycles. The Balaban J connectivity index is 2.04. The van der Waals surface area contributed by atoms with Gasteiger partial charge in [-0.1, -0.05) is 25.0 Å². The molecule has 1 aliphatic carbocycles. The molecule has 2 nitrogen and oxygen atoms in total. The number of ether oxygens (including phenoxy) is 1. The van der Waals surface area contributed by atoms with Gasteiger partial charge in [0.25, 0.3) is 0 Å². The summed E-state index contributed by atoms with van der Waals surface area (Å²) in [7, 11) is 1.72. The summed E-state index contributed by atoms with van der Waals surface area (Å²) in [4.78, 5) is 0. The van der Waals surface area contributed by atoms with E-state index in [1.165, 1.54) is 42.6 Å². The lowest BCUT2D eigenvalue weighted by atomic mass is 10.1. The Morgan fingerprint density at radius 3 is 2.63 bits per heavy atom. The van der Waals surface area contributed by atoms with Crippen molar-refractivity contribution in [3.63, 3.8) is 0 Å². The maximum Gasteiger partial charge on any atom is 0.119 e. The molecule has 2 heteroatoms. The van der Waals surface area contributed by atoms with Crippen LogP contribution in [0.5, 0.6) is 5.75 Å². The zero-order chi connectivity index (χ0) is 13.2. The zero-order valence-corrected chi connectivity index (χ0v) is 11.7. The standard InChI is InChI=1S/C17H21NO/c1-13-10-11-17(18(13)15-7-3-4-8-15)14-6-5-9-16(12-14)19-2/h5-6,9-12,15H,3-4,7-8H2,1-2H3. The second-order valence-corrected chi connectivity index (χ2v) is 5.40. The molecule has 19 heavy (non-hydrogen) atoms. The van der Waals surface area contributed by atoms with E-state index in [0.717, 1.165) is 5.75 Å². The van der Waals surface area contributed by atoms with Crippen molar-refractivity contribution in [2.75, 3.05) is 7.11 Å². The Morgan fingerprint density at radius 2 is 1.89 bits per heavy atom. The fraction of sp³-hybridized carbons (Fsp3) is 0.412. The highest BCUT2D eigenvalue weighted by atomic mass is 16.5. The van der Waals surface area contributed by atoms with Crippen molar-refractivity contribution in [3.05, 3.63) is 42.1 Å². The smallest absolute Gasteiger partial charge is 0.119 e. The van der Waals surface area contributed by atoms with Gasteiger partial charge in [-0.25, -0.2) is 0 Å². The second kappa shape index (κ2) is 5.12. The fourth-order valence-corrected chi connectivity index (χ4v) is 3.21. The van der Waals surface area contributed by atoms with E-state index in [0.29, 0.717) is 6.04 Å². The van der Waals surface area contributed by atoms with Crippen molar-refractivity contribution in [3.8, 4) is 17.0 Å². The summed E-state index contributed by atoms with van der Waals surface area (Å²) in [6.45, 7) is 2.21. The van der Waals surface area contributed by atoms with Crippen LogP contribution in [0, 0.1) is 6.92 Å². The lowest BCUT2D eigenvalue weighted by Gasteiger charge is -2.19. The Morgan fingerprint density at radius 1 is 1.11 bits per heavy atom. The van der Waals surface area contributed by atoms with Crippen LogP contribution in [0.15, 0.2) is 36.4 Å². The molecule has 1 saturated carbocycles. The first-order chi connectivity index (χ1) is 9.29. The lowest BCUT2D eigenvalue weighted by Crippen LogP contribution is -2.07. The molecule has 1 heterocycles. The first-order valence-corrected chi connectivity index (χ1v) is 7.12. The normalized spacial score (nSPS) is 15.9. The van der Waals surface area contributed by atoms with Crippen LogP contribution in [0.3, 0.4) is 0 Å². The van der Waals surface area contributed by atoms with Crippen LogP contribution in [0.4, 0.5) is 0 Å². The van der Waals surface area contributed by atoms with Gasteiger partial charge in [-0.05, 0) is 44.0 Å². The number of benzene rings is 1. The van der Waals surface area contributed by atoms with E-state index in [1.807, 2.05) is 6.07 Å². The minimum atomic E-state index is 0.677. The first kappa shape index (κ1) is 12.3. The Hall–Kier alpha value is -1.70. The highest BCUT2D eigenvalue weighted by molar-refractivity contribution is 5.63. The van der Waals surface area contributed by atoms with Gasteiger partial charge in [0.05, 0.1) is 7.11 Å². The molecule has 0 saturated heterocycles. The van der Waals surface area contributed by atoms with Crippen molar-refractivity contribution in [1.29, 1.82) is 0 Å². The van der Waals surface area contributed by atoms with Gasteiger partial charge in [-0.2, -0.15) is 0 Å². The average Bonchev–Trinajstić information content (AvgIpc) is 3.07. The van der Waals surface area contributed by atoms with Gasteiger partial charge in [0.15, 0.2) is 0 Å². The highest BCUT2D eigenvalue weighted by Gasteiger charge is 2.20. The number of methoxy groups -OCH3 is 1. The van der Waals surface area contributed by atoms with Gasteiger partial charge in [-0.15, -0.1) is 0 Å². The molecular weight excluding hydrogens is 234 g/mol. The second-order valence-electron chi connectivity index (χ2n) is 5.40. The molecule has 0 N–H and O–H groups in total. The summed E-state index contributed by atoms with van der Waals surface area (Å²) >= 11 is 0. The maximum absolute atomic E-state index is 5.34.